The molecule has 0 unspecified atom stereocenters. The third-order valence-electron chi connectivity index (χ3n) is 9.91. The molecule has 2 aromatic carbocycles. The van der Waals surface area contributed by atoms with Crippen LogP contribution < -0.4 is 0 Å². The Hall–Kier alpha value is -5.76. The lowest BCUT2D eigenvalue weighted by molar-refractivity contribution is -0.140. The maximum atomic E-state index is 12.2. The monoisotopic (exact) mass is 664 g/mol. The van der Waals surface area contributed by atoms with Crippen molar-refractivity contribution in [1.82, 2.24) is 9.97 Å². The SMILES string of the molecule is CC(C)(CC(=O)O)C1C2=N/C(=C(/c3ccccc3)c3ccc([nH]3)C(C(C)(C)CC(=O)O)c3ccc([nH]3)/C(c3ccccc3)=C3/C=CC1=N3)C=C2. The van der Waals surface area contributed by atoms with Crippen LogP contribution in [-0.2, 0) is 9.59 Å². The Morgan fingerprint density at radius 3 is 1.38 bits per heavy atom. The molecule has 8 heteroatoms. The number of aliphatic carboxylic acids is 2. The van der Waals surface area contributed by atoms with E-state index in [0.717, 1.165) is 67.9 Å². The lowest BCUT2D eigenvalue weighted by Gasteiger charge is -2.32. The van der Waals surface area contributed by atoms with E-state index in [2.05, 4.69) is 9.97 Å². The second kappa shape index (κ2) is 12.6. The van der Waals surface area contributed by atoms with Crippen LogP contribution in [-0.4, -0.2) is 43.5 Å². The van der Waals surface area contributed by atoms with Crippen LogP contribution in [0.25, 0.3) is 11.1 Å². The Labute approximate surface area is 291 Å². The molecule has 252 valence electrons. The van der Waals surface area contributed by atoms with Gasteiger partial charge in [0.2, 0.25) is 0 Å². The molecule has 2 aromatic heterocycles. The highest BCUT2D eigenvalue weighted by atomic mass is 16.4. The van der Waals surface area contributed by atoms with Gasteiger partial charge in [0.15, 0.2) is 0 Å². The van der Waals surface area contributed by atoms with Gasteiger partial charge in [-0.05, 0) is 70.5 Å². The number of aromatic nitrogens is 2. The van der Waals surface area contributed by atoms with E-state index in [1.807, 2.05) is 137 Å². The van der Waals surface area contributed by atoms with Gasteiger partial charge in [-0.1, -0.05) is 88.4 Å². The van der Waals surface area contributed by atoms with Gasteiger partial charge in [-0.25, -0.2) is 0 Å². The van der Waals surface area contributed by atoms with Gasteiger partial charge in [0, 0.05) is 45.8 Å². The summed E-state index contributed by atoms with van der Waals surface area (Å²) in [5.41, 5.74) is 8.73. The van der Waals surface area contributed by atoms with Gasteiger partial charge in [-0.2, -0.15) is 0 Å². The van der Waals surface area contributed by atoms with Crippen molar-refractivity contribution in [2.24, 2.45) is 26.7 Å². The number of aromatic amines is 2. The molecule has 0 saturated heterocycles. The third kappa shape index (κ3) is 6.13. The fraction of sp³-hybridized carbons (Fsp3) is 0.238. The molecule has 5 heterocycles. The summed E-state index contributed by atoms with van der Waals surface area (Å²) in [6.07, 6.45) is 7.85. The van der Waals surface area contributed by atoms with Crippen LogP contribution in [0.1, 0.15) is 80.4 Å². The Bertz CT molecular complexity index is 2040. The predicted molar refractivity (Wildman–Crippen MR) is 197 cm³/mol. The molecule has 0 amide bonds. The molecule has 0 spiro atoms. The number of allylic oxidation sites excluding steroid dienone is 4. The van der Waals surface area contributed by atoms with Gasteiger partial charge in [-0.3, -0.25) is 19.6 Å². The fourth-order valence-corrected chi connectivity index (χ4v) is 7.85. The number of H-pyrrole nitrogens is 2. The van der Waals surface area contributed by atoms with E-state index < -0.39 is 28.7 Å². The van der Waals surface area contributed by atoms with Crippen molar-refractivity contribution in [1.29, 1.82) is 0 Å². The summed E-state index contributed by atoms with van der Waals surface area (Å²) in [5, 5.41) is 20.0. The molecular formula is C42H40N4O4. The van der Waals surface area contributed by atoms with E-state index in [-0.39, 0.29) is 18.8 Å². The number of nitrogens with one attached hydrogen (secondary N) is 2. The Kier molecular flexibility index (Phi) is 8.26. The molecule has 3 aliphatic heterocycles. The molecule has 0 fully saturated rings. The zero-order valence-electron chi connectivity index (χ0n) is 28.6. The zero-order valence-corrected chi connectivity index (χ0v) is 28.6. The number of carbonyl (C=O) groups is 2. The normalized spacial score (nSPS) is 21.7. The number of nitrogens with zero attached hydrogens (tertiary/aromatic N) is 2. The van der Waals surface area contributed by atoms with Gasteiger partial charge < -0.3 is 20.2 Å². The molecule has 7 rings (SSSR count). The van der Waals surface area contributed by atoms with Crippen molar-refractivity contribution in [3.63, 3.8) is 0 Å². The van der Waals surface area contributed by atoms with Crippen molar-refractivity contribution in [2.45, 2.75) is 46.5 Å². The number of carboxylic acid groups (broad SMARTS) is 2. The van der Waals surface area contributed by atoms with E-state index in [0.29, 0.717) is 0 Å². The van der Waals surface area contributed by atoms with E-state index in [4.69, 9.17) is 9.98 Å². The highest BCUT2D eigenvalue weighted by Crippen LogP contribution is 2.45. The third-order valence-corrected chi connectivity index (χ3v) is 9.91. The van der Waals surface area contributed by atoms with Gasteiger partial charge in [0.05, 0.1) is 35.7 Å². The van der Waals surface area contributed by atoms with Crippen molar-refractivity contribution in [3.8, 4) is 0 Å². The lowest BCUT2D eigenvalue weighted by atomic mass is 9.71. The van der Waals surface area contributed by atoms with Crippen LogP contribution in [0.3, 0.4) is 0 Å². The minimum absolute atomic E-state index is 0.0417. The average Bonchev–Trinajstić information content (AvgIpc) is 3.88. The first-order valence-corrected chi connectivity index (χ1v) is 16.9. The van der Waals surface area contributed by atoms with Crippen LogP contribution >= 0.6 is 0 Å². The van der Waals surface area contributed by atoms with Crippen molar-refractivity contribution in [2.75, 3.05) is 0 Å². The first-order valence-electron chi connectivity index (χ1n) is 16.9. The largest absolute Gasteiger partial charge is 0.481 e. The number of rotatable bonds is 8. The summed E-state index contributed by atoms with van der Waals surface area (Å²) in [7, 11) is 0. The molecule has 0 saturated carbocycles. The number of hydrogen-bond donors (Lipinski definition) is 4. The molecule has 8 bridgehead atoms. The lowest BCUT2D eigenvalue weighted by Crippen LogP contribution is -2.37. The first-order chi connectivity index (χ1) is 23.9. The highest BCUT2D eigenvalue weighted by molar-refractivity contribution is 6.20. The first kappa shape index (κ1) is 32.8. The Morgan fingerprint density at radius 2 is 0.980 bits per heavy atom. The summed E-state index contributed by atoms with van der Waals surface area (Å²) in [6, 6.07) is 28.2. The van der Waals surface area contributed by atoms with Crippen LogP contribution in [0, 0.1) is 16.7 Å². The molecule has 8 nitrogen and oxygen atoms in total. The molecule has 4 N–H and O–H groups in total. The van der Waals surface area contributed by atoms with E-state index in [1.165, 1.54) is 0 Å². The second-order valence-electron chi connectivity index (χ2n) is 14.6. The summed E-state index contributed by atoms with van der Waals surface area (Å²) in [6.45, 7) is 7.90. The van der Waals surface area contributed by atoms with Crippen LogP contribution in [0.2, 0.25) is 0 Å². The number of aliphatic imine (C=N–C) groups is 2. The topological polar surface area (TPSA) is 131 Å². The standard InChI is InChI=1S/C42H40N4O4/c1-41(2,23-35(47)48)39-31-19-15-27(43-31)37(25-11-7-5-8-12-25)29-17-21-33(45-29)40(42(3,4)24-36(49)50)34-22-18-30(46-34)38(26-13-9-6-10-14-26)28-16-20-32(39)44-28/h5-22,39-40,43-44H,23-24H2,1-4H3,(H,47,48)(H,49,50)/b37-29-,38-30-. The molecule has 50 heavy (non-hydrogen) atoms. The van der Waals surface area contributed by atoms with Gasteiger partial charge >= 0.3 is 11.9 Å². The number of benzene rings is 2. The molecule has 0 atom stereocenters. The van der Waals surface area contributed by atoms with Crippen molar-refractivity contribution < 1.29 is 19.8 Å². The van der Waals surface area contributed by atoms with E-state index in [1.54, 1.807) is 0 Å². The summed E-state index contributed by atoms with van der Waals surface area (Å²) in [5.74, 6) is -2.48. The summed E-state index contributed by atoms with van der Waals surface area (Å²) >= 11 is 0. The smallest absolute Gasteiger partial charge is 0.303 e. The van der Waals surface area contributed by atoms with Gasteiger partial charge in [0.1, 0.15) is 0 Å². The zero-order chi connectivity index (χ0) is 35.2. The second-order valence-corrected chi connectivity index (χ2v) is 14.6. The summed E-state index contributed by atoms with van der Waals surface area (Å²) < 4.78 is 0. The number of hydrogen-bond acceptors (Lipinski definition) is 4. The minimum atomic E-state index is -0.882. The maximum Gasteiger partial charge on any atom is 0.303 e. The maximum absolute atomic E-state index is 12.2. The van der Waals surface area contributed by atoms with Crippen molar-refractivity contribution >= 4 is 34.5 Å². The van der Waals surface area contributed by atoms with Crippen LogP contribution in [0.4, 0.5) is 0 Å². The average molecular weight is 665 g/mol. The van der Waals surface area contributed by atoms with Gasteiger partial charge in [0.25, 0.3) is 0 Å². The predicted octanol–water partition coefficient (Wildman–Crippen LogP) is 8.65. The number of fused-ring (bicyclic) bond motifs is 6. The molecular weight excluding hydrogens is 624 g/mol. The van der Waals surface area contributed by atoms with Crippen molar-refractivity contribution in [3.05, 3.63) is 155 Å². The molecule has 3 aliphatic rings. The highest BCUT2D eigenvalue weighted by Gasteiger charge is 2.41. The quantitative estimate of drug-likeness (QED) is 0.150. The molecule has 0 aliphatic carbocycles. The minimum Gasteiger partial charge on any atom is -0.481 e. The van der Waals surface area contributed by atoms with E-state index >= 15 is 0 Å². The fourth-order valence-electron chi connectivity index (χ4n) is 7.85. The van der Waals surface area contributed by atoms with E-state index in [9.17, 15) is 19.8 Å². The Balaban J connectivity index is 1.54. The molecule has 4 aromatic rings. The van der Waals surface area contributed by atoms with Crippen LogP contribution in [0.15, 0.2) is 131 Å². The Morgan fingerprint density at radius 1 is 0.580 bits per heavy atom. The van der Waals surface area contributed by atoms with Gasteiger partial charge in [-0.15, -0.1) is 0 Å². The number of carboxylic acids is 2. The summed E-state index contributed by atoms with van der Waals surface area (Å²) in [4.78, 5) is 42.3. The molecule has 0 radical (unpaired) electrons. The van der Waals surface area contributed by atoms with Crippen LogP contribution in [0.5, 0.6) is 0 Å².